The van der Waals surface area contributed by atoms with Crippen molar-refractivity contribution in [2.24, 2.45) is 0 Å². The minimum Gasteiger partial charge on any atom is -0.462 e. The van der Waals surface area contributed by atoms with E-state index in [9.17, 15) is 9.59 Å². The Morgan fingerprint density at radius 3 is 2.80 bits per heavy atom. The highest BCUT2D eigenvalue weighted by atomic mass is 32.1. The summed E-state index contributed by atoms with van der Waals surface area (Å²) in [7, 11) is 0. The van der Waals surface area contributed by atoms with E-state index in [2.05, 4.69) is 5.32 Å². The molecule has 0 aromatic carbocycles. The predicted molar refractivity (Wildman–Crippen MR) is 77.4 cm³/mol. The summed E-state index contributed by atoms with van der Waals surface area (Å²) in [5, 5.41) is 3.36. The molecule has 0 radical (unpaired) electrons. The Kier molecular flexibility index (Phi) is 4.77. The molecule has 110 valence electrons. The van der Waals surface area contributed by atoms with Crippen molar-refractivity contribution in [3.63, 3.8) is 0 Å². The van der Waals surface area contributed by atoms with Crippen LogP contribution in [0.5, 0.6) is 0 Å². The van der Waals surface area contributed by atoms with E-state index in [1.807, 2.05) is 13.8 Å². The van der Waals surface area contributed by atoms with Gasteiger partial charge in [-0.05, 0) is 39.2 Å². The van der Waals surface area contributed by atoms with E-state index in [1.165, 1.54) is 11.3 Å². The molecule has 0 saturated carbocycles. The second-order valence-corrected chi connectivity index (χ2v) is 5.92. The molecular weight excluding hydrogens is 278 g/mol. The van der Waals surface area contributed by atoms with Gasteiger partial charge < -0.3 is 14.8 Å². The number of carbonyl (C=O) groups excluding carboxylic acids is 2. The Morgan fingerprint density at radius 2 is 2.20 bits per heavy atom. The summed E-state index contributed by atoms with van der Waals surface area (Å²) >= 11 is 1.39. The number of hydrogen-bond acceptors (Lipinski definition) is 5. The Hall–Kier alpha value is -1.40. The van der Waals surface area contributed by atoms with E-state index in [1.54, 1.807) is 6.92 Å². The lowest BCUT2D eigenvalue weighted by atomic mass is 10.1. The van der Waals surface area contributed by atoms with Crippen LogP contribution < -0.4 is 5.32 Å². The van der Waals surface area contributed by atoms with Crippen LogP contribution >= 0.6 is 11.3 Å². The molecule has 1 aliphatic rings. The molecule has 1 N–H and O–H groups in total. The third-order valence-electron chi connectivity index (χ3n) is 3.32. The van der Waals surface area contributed by atoms with Crippen LogP contribution in [-0.4, -0.2) is 31.2 Å². The first-order valence-corrected chi connectivity index (χ1v) is 7.55. The zero-order chi connectivity index (χ0) is 14.7. The van der Waals surface area contributed by atoms with Crippen molar-refractivity contribution in [1.82, 2.24) is 0 Å². The lowest BCUT2D eigenvalue weighted by Gasteiger charge is -2.10. The molecule has 1 fully saturated rings. The fourth-order valence-corrected chi connectivity index (χ4v) is 3.19. The number of carbonyl (C=O) groups is 2. The van der Waals surface area contributed by atoms with Crippen LogP contribution in [0, 0.1) is 13.8 Å². The molecule has 0 aliphatic carbocycles. The fourth-order valence-electron chi connectivity index (χ4n) is 2.14. The van der Waals surface area contributed by atoms with E-state index >= 15 is 0 Å². The Morgan fingerprint density at radius 1 is 1.45 bits per heavy atom. The van der Waals surface area contributed by atoms with E-state index in [0.29, 0.717) is 23.8 Å². The van der Waals surface area contributed by atoms with Gasteiger partial charge in [0.2, 0.25) is 0 Å². The fraction of sp³-hybridized carbons (Fsp3) is 0.571. The zero-order valence-electron chi connectivity index (χ0n) is 11.9. The Bertz CT molecular complexity index is 517. The number of amides is 1. The Balaban J connectivity index is 2.20. The number of hydrogen-bond donors (Lipinski definition) is 1. The van der Waals surface area contributed by atoms with E-state index in [0.717, 1.165) is 23.3 Å². The highest BCUT2D eigenvalue weighted by Gasteiger charge is 2.27. The van der Waals surface area contributed by atoms with Gasteiger partial charge in [-0.3, -0.25) is 4.79 Å². The van der Waals surface area contributed by atoms with Crippen molar-refractivity contribution in [2.75, 3.05) is 18.5 Å². The van der Waals surface area contributed by atoms with E-state index < -0.39 is 12.1 Å². The summed E-state index contributed by atoms with van der Waals surface area (Å²) in [5.74, 6) is -0.578. The van der Waals surface area contributed by atoms with Crippen LogP contribution in [0.1, 0.15) is 40.6 Å². The van der Waals surface area contributed by atoms with Gasteiger partial charge in [0.1, 0.15) is 11.1 Å². The first kappa shape index (κ1) is 15.0. The maximum atomic E-state index is 12.1. The molecule has 6 heteroatoms. The molecule has 5 nitrogen and oxygen atoms in total. The molecule has 0 unspecified atom stereocenters. The minimum atomic E-state index is -0.409. The Labute approximate surface area is 122 Å². The largest absolute Gasteiger partial charge is 0.462 e. The normalized spacial score (nSPS) is 18.1. The average Bonchev–Trinajstić information content (AvgIpc) is 3.00. The molecular formula is C14H19NO4S. The van der Waals surface area contributed by atoms with Gasteiger partial charge >= 0.3 is 5.97 Å². The van der Waals surface area contributed by atoms with Crippen LogP contribution in [0.25, 0.3) is 0 Å². The number of aryl methyl sites for hydroxylation is 1. The second kappa shape index (κ2) is 6.37. The van der Waals surface area contributed by atoms with E-state index in [4.69, 9.17) is 9.47 Å². The van der Waals surface area contributed by atoms with E-state index in [-0.39, 0.29) is 5.91 Å². The van der Waals surface area contributed by atoms with Gasteiger partial charge in [0, 0.05) is 11.5 Å². The van der Waals surface area contributed by atoms with Crippen LogP contribution in [0.2, 0.25) is 0 Å². The zero-order valence-corrected chi connectivity index (χ0v) is 12.8. The summed E-state index contributed by atoms with van der Waals surface area (Å²) in [6, 6.07) is 0. The van der Waals surface area contributed by atoms with Crippen molar-refractivity contribution in [3.8, 4) is 0 Å². The number of anilines is 1. The number of esters is 1. The monoisotopic (exact) mass is 297 g/mol. The van der Waals surface area contributed by atoms with Gasteiger partial charge in [0.25, 0.3) is 5.91 Å². The van der Waals surface area contributed by atoms with Gasteiger partial charge in [0.05, 0.1) is 12.2 Å². The van der Waals surface area contributed by atoms with Crippen LogP contribution in [-0.2, 0) is 14.3 Å². The standard InChI is InChI=1S/C14H19NO4S/c1-4-18-14(17)11-8(2)9(3)20-13(11)15-12(16)10-6-5-7-19-10/h10H,4-7H2,1-3H3,(H,15,16)/t10-/m1/s1. The summed E-state index contributed by atoms with van der Waals surface area (Å²) in [6.45, 7) is 6.47. The van der Waals surface area contributed by atoms with Gasteiger partial charge in [-0.1, -0.05) is 0 Å². The highest BCUT2D eigenvalue weighted by molar-refractivity contribution is 7.16. The molecule has 2 rings (SSSR count). The van der Waals surface area contributed by atoms with Crippen LogP contribution in [0.3, 0.4) is 0 Å². The number of nitrogens with one attached hydrogen (secondary N) is 1. The first-order valence-electron chi connectivity index (χ1n) is 6.74. The summed E-state index contributed by atoms with van der Waals surface area (Å²) in [5.41, 5.74) is 1.32. The quantitative estimate of drug-likeness (QED) is 0.868. The molecule has 1 amide bonds. The molecule has 1 aromatic rings. The molecule has 2 heterocycles. The van der Waals surface area contributed by atoms with Gasteiger partial charge in [-0.2, -0.15) is 0 Å². The van der Waals surface area contributed by atoms with Crippen molar-refractivity contribution >= 4 is 28.2 Å². The third-order valence-corrected chi connectivity index (χ3v) is 4.45. The molecule has 0 spiro atoms. The molecule has 1 saturated heterocycles. The maximum absolute atomic E-state index is 12.1. The summed E-state index contributed by atoms with van der Waals surface area (Å²) in [4.78, 5) is 25.1. The van der Waals surface area contributed by atoms with Crippen LogP contribution in [0.15, 0.2) is 0 Å². The number of rotatable bonds is 4. The van der Waals surface area contributed by atoms with Crippen molar-refractivity contribution in [3.05, 3.63) is 16.0 Å². The van der Waals surface area contributed by atoms with Crippen molar-refractivity contribution in [1.29, 1.82) is 0 Å². The third kappa shape index (κ3) is 3.02. The second-order valence-electron chi connectivity index (χ2n) is 4.70. The van der Waals surface area contributed by atoms with Gasteiger partial charge in [0.15, 0.2) is 0 Å². The highest BCUT2D eigenvalue weighted by Crippen LogP contribution is 2.33. The lowest BCUT2D eigenvalue weighted by Crippen LogP contribution is -2.27. The molecule has 1 atom stereocenters. The maximum Gasteiger partial charge on any atom is 0.341 e. The predicted octanol–water partition coefficient (Wildman–Crippen LogP) is 2.66. The van der Waals surface area contributed by atoms with Crippen LogP contribution in [0.4, 0.5) is 5.00 Å². The van der Waals surface area contributed by atoms with Gasteiger partial charge in [-0.25, -0.2) is 4.79 Å². The minimum absolute atomic E-state index is 0.186. The van der Waals surface area contributed by atoms with Gasteiger partial charge in [-0.15, -0.1) is 11.3 Å². The average molecular weight is 297 g/mol. The molecule has 1 aliphatic heterocycles. The lowest BCUT2D eigenvalue weighted by molar-refractivity contribution is -0.124. The molecule has 0 bridgehead atoms. The molecule has 20 heavy (non-hydrogen) atoms. The SMILES string of the molecule is CCOC(=O)c1c(NC(=O)[C@H]2CCCO2)sc(C)c1C. The van der Waals surface area contributed by atoms with Crippen molar-refractivity contribution < 1.29 is 19.1 Å². The number of ether oxygens (including phenoxy) is 2. The number of thiophene rings is 1. The van der Waals surface area contributed by atoms with Crippen molar-refractivity contribution in [2.45, 2.75) is 39.7 Å². The molecule has 1 aromatic heterocycles. The summed E-state index contributed by atoms with van der Waals surface area (Å²) in [6.07, 6.45) is 1.21. The smallest absolute Gasteiger partial charge is 0.341 e. The summed E-state index contributed by atoms with van der Waals surface area (Å²) < 4.78 is 10.4. The first-order chi connectivity index (χ1) is 9.54. The topological polar surface area (TPSA) is 64.6 Å².